The molecule has 0 rings (SSSR count). The van der Waals surface area contributed by atoms with Crippen LogP contribution in [-0.2, 0) is 28.6 Å². The molecule has 0 aromatic rings. The summed E-state index contributed by atoms with van der Waals surface area (Å²) in [6.07, 6.45) is 52.2. The zero-order valence-electron chi connectivity index (χ0n) is 39.1. The number of esters is 3. The molecule has 342 valence electrons. The van der Waals surface area contributed by atoms with E-state index in [1.54, 1.807) is 0 Å². The van der Waals surface area contributed by atoms with Crippen molar-refractivity contribution in [1.29, 1.82) is 0 Å². The van der Waals surface area contributed by atoms with Crippen LogP contribution >= 0.6 is 0 Å². The quantitative estimate of drug-likeness (QED) is 0.0263. The molecule has 0 aliphatic carbocycles. The van der Waals surface area contributed by atoms with Crippen LogP contribution in [0.2, 0.25) is 0 Å². The van der Waals surface area contributed by atoms with E-state index in [0.29, 0.717) is 19.3 Å². The lowest BCUT2D eigenvalue weighted by Crippen LogP contribution is -2.30. The van der Waals surface area contributed by atoms with Crippen LogP contribution in [0.4, 0.5) is 0 Å². The van der Waals surface area contributed by atoms with Gasteiger partial charge in [-0.2, -0.15) is 0 Å². The molecule has 0 radical (unpaired) electrons. The van der Waals surface area contributed by atoms with Crippen molar-refractivity contribution in [2.75, 3.05) is 13.2 Å². The van der Waals surface area contributed by atoms with Crippen LogP contribution in [0, 0.1) is 0 Å². The second-order valence-corrected chi connectivity index (χ2v) is 17.4. The fraction of sp³-hybridized carbons (Fsp3) is 0.904. The van der Waals surface area contributed by atoms with Gasteiger partial charge in [0.1, 0.15) is 13.2 Å². The number of unbranched alkanes of at least 4 members (excludes halogenated alkanes) is 34. The molecular formula is C52H98O6. The number of rotatable bonds is 47. The van der Waals surface area contributed by atoms with Gasteiger partial charge < -0.3 is 14.2 Å². The standard InChI is InChI=1S/C52H98O6/c1-4-7-10-13-16-18-20-22-24-25-26-27-29-30-32-34-36-39-42-45-51(54)57-48-49(47-56-50(53)44-41-38-15-12-9-6-3)58-52(55)46-43-40-37-35-33-31-28-23-21-19-17-14-11-8-5-2/h22,24,49H,4-21,23,25-48H2,1-3H3/b24-22-. The predicted octanol–water partition coefficient (Wildman–Crippen LogP) is 16.6. The van der Waals surface area contributed by atoms with Gasteiger partial charge in [0, 0.05) is 19.3 Å². The van der Waals surface area contributed by atoms with E-state index in [1.165, 1.54) is 186 Å². The van der Waals surface area contributed by atoms with Gasteiger partial charge in [0.25, 0.3) is 0 Å². The number of ether oxygens (including phenoxy) is 3. The third-order valence-corrected chi connectivity index (χ3v) is 11.5. The Morgan fingerprint density at radius 1 is 0.328 bits per heavy atom. The van der Waals surface area contributed by atoms with Crippen molar-refractivity contribution in [2.45, 2.75) is 290 Å². The molecule has 1 unspecified atom stereocenters. The maximum absolute atomic E-state index is 12.7. The summed E-state index contributed by atoms with van der Waals surface area (Å²) >= 11 is 0. The first kappa shape index (κ1) is 56.1. The Labute approximate surface area is 360 Å². The van der Waals surface area contributed by atoms with Crippen molar-refractivity contribution >= 4 is 17.9 Å². The summed E-state index contributed by atoms with van der Waals surface area (Å²) < 4.78 is 16.7. The van der Waals surface area contributed by atoms with Crippen molar-refractivity contribution in [3.63, 3.8) is 0 Å². The summed E-state index contributed by atoms with van der Waals surface area (Å²) in [5.41, 5.74) is 0. The third-order valence-electron chi connectivity index (χ3n) is 11.5. The molecular weight excluding hydrogens is 721 g/mol. The summed E-state index contributed by atoms with van der Waals surface area (Å²) in [6, 6.07) is 0. The fourth-order valence-corrected chi connectivity index (χ4v) is 7.61. The lowest BCUT2D eigenvalue weighted by Gasteiger charge is -2.18. The highest BCUT2D eigenvalue weighted by molar-refractivity contribution is 5.71. The molecule has 0 aromatic carbocycles. The molecule has 0 fully saturated rings. The van der Waals surface area contributed by atoms with Crippen LogP contribution in [0.15, 0.2) is 12.2 Å². The second kappa shape index (κ2) is 47.8. The highest BCUT2D eigenvalue weighted by Crippen LogP contribution is 2.16. The van der Waals surface area contributed by atoms with E-state index in [0.717, 1.165) is 57.8 Å². The molecule has 6 nitrogen and oxygen atoms in total. The van der Waals surface area contributed by atoms with Crippen molar-refractivity contribution in [3.8, 4) is 0 Å². The third kappa shape index (κ3) is 45.2. The number of carbonyl (C=O) groups is 3. The monoisotopic (exact) mass is 819 g/mol. The van der Waals surface area contributed by atoms with E-state index in [-0.39, 0.29) is 31.1 Å². The van der Waals surface area contributed by atoms with Gasteiger partial charge in [-0.3, -0.25) is 14.4 Å². The van der Waals surface area contributed by atoms with Crippen molar-refractivity contribution in [3.05, 3.63) is 12.2 Å². The van der Waals surface area contributed by atoms with E-state index < -0.39 is 6.10 Å². The first-order chi connectivity index (χ1) is 28.5. The molecule has 0 amide bonds. The Bertz CT molecular complexity index is 900. The molecule has 0 aromatic heterocycles. The van der Waals surface area contributed by atoms with Gasteiger partial charge in [0.2, 0.25) is 0 Å². The molecule has 0 saturated carbocycles. The summed E-state index contributed by atoms with van der Waals surface area (Å²) in [7, 11) is 0. The smallest absolute Gasteiger partial charge is 0.306 e. The van der Waals surface area contributed by atoms with E-state index in [9.17, 15) is 14.4 Å². The molecule has 0 saturated heterocycles. The fourth-order valence-electron chi connectivity index (χ4n) is 7.61. The minimum Gasteiger partial charge on any atom is -0.462 e. The minimum absolute atomic E-state index is 0.0668. The second-order valence-electron chi connectivity index (χ2n) is 17.4. The zero-order valence-corrected chi connectivity index (χ0v) is 39.1. The SMILES string of the molecule is CCCCCCCC/C=C\CCCCCCCCCCCC(=O)OCC(COC(=O)CCCCCCCC)OC(=O)CCCCCCCCCCCCCCCCC. The Morgan fingerprint density at radius 2 is 0.569 bits per heavy atom. The van der Waals surface area contributed by atoms with E-state index >= 15 is 0 Å². The van der Waals surface area contributed by atoms with Crippen LogP contribution in [0.5, 0.6) is 0 Å². The number of hydrogen-bond acceptors (Lipinski definition) is 6. The number of hydrogen-bond donors (Lipinski definition) is 0. The predicted molar refractivity (Wildman–Crippen MR) is 247 cm³/mol. The number of carbonyl (C=O) groups excluding carboxylic acids is 3. The van der Waals surface area contributed by atoms with Crippen LogP contribution in [0.25, 0.3) is 0 Å². The lowest BCUT2D eigenvalue weighted by molar-refractivity contribution is -0.167. The van der Waals surface area contributed by atoms with Gasteiger partial charge >= 0.3 is 17.9 Å². The largest absolute Gasteiger partial charge is 0.462 e. The molecule has 0 N–H and O–H groups in total. The Kier molecular flexibility index (Phi) is 46.3. The van der Waals surface area contributed by atoms with Gasteiger partial charge in [0.15, 0.2) is 6.10 Å². The Morgan fingerprint density at radius 3 is 0.862 bits per heavy atom. The molecule has 0 aliphatic heterocycles. The average Bonchev–Trinajstić information content (AvgIpc) is 3.22. The van der Waals surface area contributed by atoms with Gasteiger partial charge in [-0.05, 0) is 44.9 Å². The zero-order chi connectivity index (χ0) is 42.3. The van der Waals surface area contributed by atoms with Gasteiger partial charge in [-0.25, -0.2) is 0 Å². The molecule has 58 heavy (non-hydrogen) atoms. The average molecular weight is 819 g/mol. The number of allylic oxidation sites excluding steroid dienone is 2. The van der Waals surface area contributed by atoms with Crippen molar-refractivity contribution in [2.24, 2.45) is 0 Å². The first-order valence-electron chi connectivity index (χ1n) is 25.7. The molecule has 6 heteroatoms. The highest BCUT2D eigenvalue weighted by atomic mass is 16.6. The van der Waals surface area contributed by atoms with Crippen LogP contribution < -0.4 is 0 Å². The van der Waals surface area contributed by atoms with Crippen molar-refractivity contribution in [1.82, 2.24) is 0 Å². The summed E-state index contributed by atoms with van der Waals surface area (Å²) in [4.78, 5) is 37.7. The van der Waals surface area contributed by atoms with Gasteiger partial charge in [0.05, 0.1) is 0 Å². The molecule has 1 atom stereocenters. The minimum atomic E-state index is -0.762. The van der Waals surface area contributed by atoms with E-state index in [4.69, 9.17) is 14.2 Å². The lowest BCUT2D eigenvalue weighted by atomic mass is 10.0. The molecule has 0 bridgehead atoms. The summed E-state index contributed by atoms with van der Waals surface area (Å²) in [5, 5.41) is 0. The topological polar surface area (TPSA) is 78.9 Å². The highest BCUT2D eigenvalue weighted by Gasteiger charge is 2.19. The first-order valence-corrected chi connectivity index (χ1v) is 25.7. The Hall–Kier alpha value is -1.85. The molecule has 0 aliphatic rings. The van der Waals surface area contributed by atoms with E-state index in [2.05, 4.69) is 32.9 Å². The van der Waals surface area contributed by atoms with Crippen LogP contribution in [-0.4, -0.2) is 37.2 Å². The summed E-state index contributed by atoms with van der Waals surface area (Å²) in [5.74, 6) is -0.863. The molecule has 0 heterocycles. The summed E-state index contributed by atoms with van der Waals surface area (Å²) in [6.45, 7) is 6.61. The van der Waals surface area contributed by atoms with Gasteiger partial charge in [-0.1, -0.05) is 232 Å². The Balaban J connectivity index is 4.16. The maximum atomic E-state index is 12.7. The van der Waals surface area contributed by atoms with Crippen molar-refractivity contribution < 1.29 is 28.6 Å². The molecule has 0 spiro atoms. The van der Waals surface area contributed by atoms with E-state index in [1.807, 2.05) is 0 Å². The maximum Gasteiger partial charge on any atom is 0.306 e. The van der Waals surface area contributed by atoms with Gasteiger partial charge in [-0.15, -0.1) is 0 Å². The van der Waals surface area contributed by atoms with Crippen LogP contribution in [0.1, 0.15) is 284 Å². The normalized spacial score (nSPS) is 12.0. The van der Waals surface area contributed by atoms with Crippen LogP contribution in [0.3, 0.4) is 0 Å².